The molecule has 4 heteroatoms. The van der Waals surface area contributed by atoms with Crippen molar-refractivity contribution in [3.63, 3.8) is 0 Å². The lowest BCUT2D eigenvalue weighted by Gasteiger charge is -2.22. The van der Waals surface area contributed by atoms with E-state index >= 15 is 0 Å². The third-order valence-corrected chi connectivity index (χ3v) is 2.38. The number of aromatic nitrogens is 1. The van der Waals surface area contributed by atoms with E-state index in [0.29, 0.717) is 23.6 Å². The van der Waals surface area contributed by atoms with Crippen molar-refractivity contribution in [2.45, 2.75) is 65.3 Å². The molecule has 0 amide bonds. The number of pyridine rings is 1. The van der Waals surface area contributed by atoms with Gasteiger partial charge in [-0.1, -0.05) is 0 Å². The summed E-state index contributed by atoms with van der Waals surface area (Å²) in [7, 11) is 0. The molecule has 0 atom stereocenters. The van der Waals surface area contributed by atoms with Gasteiger partial charge in [-0.2, -0.15) is 4.98 Å². The quantitative estimate of drug-likeness (QED) is 0.815. The second-order valence-corrected chi connectivity index (χ2v) is 6.15. The van der Waals surface area contributed by atoms with Crippen molar-refractivity contribution in [1.82, 2.24) is 4.98 Å². The first-order chi connectivity index (χ1) is 8.83. The van der Waals surface area contributed by atoms with Crippen LogP contribution in [0.2, 0.25) is 0 Å². The van der Waals surface area contributed by atoms with Crippen molar-refractivity contribution in [3.8, 4) is 17.5 Å². The van der Waals surface area contributed by atoms with E-state index in [1.54, 1.807) is 0 Å². The van der Waals surface area contributed by atoms with Crippen LogP contribution in [0, 0.1) is 0 Å². The molecule has 19 heavy (non-hydrogen) atoms. The molecule has 1 saturated carbocycles. The molecule has 0 radical (unpaired) electrons. The van der Waals surface area contributed by atoms with Gasteiger partial charge in [0.2, 0.25) is 5.88 Å². The van der Waals surface area contributed by atoms with E-state index in [4.69, 9.17) is 14.2 Å². The molecule has 0 aliphatic heterocycles. The first-order valence-electron chi connectivity index (χ1n) is 6.87. The molecular weight excluding hydrogens is 242 g/mol. The number of ether oxygens (including phenoxy) is 3. The van der Waals surface area contributed by atoms with Gasteiger partial charge in [0.05, 0.1) is 12.2 Å². The molecule has 0 N–H and O–H groups in total. The largest absolute Gasteiger partial charge is 0.485 e. The molecule has 1 aromatic heterocycles. The summed E-state index contributed by atoms with van der Waals surface area (Å²) in [5, 5.41) is 0. The van der Waals surface area contributed by atoms with Crippen molar-refractivity contribution in [2.75, 3.05) is 0 Å². The Labute approximate surface area is 115 Å². The Balaban J connectivity index is 2.20. The minimum absolute atomic E-state index is 0.0881. The number of hydrogen-bond acceptors (Lipinski definition) is 4. The highest BCUT2D eigenvalue weighted by molar-refractivity contribution is 5.37. The first-order valence-corrected chi connectivity index (χ1v) is 6.87. The molecule has 106 valence electrons. The van der Waals surface area contributed by atoms with E-state index < -0.39 is 0 Å². The molecule has 1 aliphatic carbocycles. The van der Waals surface area contributed by atoms with E-state index in [0.717, 1.165) is 12.8 Å². The molecule has 1 heterocycles. The zero-order chi connectivity index (χ0) is 14.0. The van der Waals surface area contributed by atoms with E-state index in [-0.39, 0.29) is 11.7 Å². The normalized spacial score (nSPS) is 15.5. The summed E-state index contributed by atoms with van der Waals surface area (Å²) in [5.41, 5.74) is -0.314. The molecule has 0 aromatic carbocycles. The maximum Gasteiger partial charge on any atom is 0.260 e. The Bertz CT molecular complexity index is 434. The molecule has 0 unspecified atom stereocenters. The number of rotatable bonds is 5. The lowest BCUT2D eigenvalue weighted by Crippen LogP contribution is -2.24. The summed E-state index contributed by atoms with van der Waals surface area (Å²) in [6.07, 6.45) is 2.63. The highest BCUT2D eigenvalue weighted by Crippen LogP contribution is 2.35. The Morgan fingerprint density at radius 3 is 2.42 bits per heavy atom. The van der Waals surface area contributed by atoms with Crippen LogP contribution in [0.4, 0.5) is 0 Å². The van der Waals surface area contributed by atoms with Crippen molar-refractivity contribution in [3.05, 3.63) is 12.1 Å². The van der Waals surface area contributed by atoms with Gasteiger partial charge in [-0.3, -0.25) is 0 Å². The monoisotopic (exact) mass is 265 g/mol. The van der Waals surface area contributed by atoms with Crippen LogP contribution in [-0.2, 0) is 0 Å². The van der Waals surface area contributed by atoms with Gasteiger partial charge in [0.15, 0.2) is 5.75 Å². The zero-order valence-corrected chi connectivity index (χ0v) is 12.4. The highest BCUT2D eigenvalue weighted by atomic mass is 16.5. The minimum atomic E-state index is -0.314. The Morgan fingerprint density at radius 2 is 1.89 bits per heavy atom. The van der Waals surface area contributed by atoms with Crippen LogP contribution >= 0.6 is 0 Å². The van der Waals surface area contributed by atoms with E-state index in [1.165, 1.54) is 0 Å². The van der Waals surface area contributed by atoms with Gasteiger partial charge in [0, 0.05) is 6.07 Å². The fourth-order valence-corrected chi connectivity index (χ4v) is 1.54. The molecule has 0 bridgehead atoms. The van der Waals surface area contributed by atoms with Crippen LogP contribution in [0.1, 0.15) is 47.5 Å². The Kier molecular flexibility index (Phi) is 3.88. The van der Waals surface area contributed by atoms with E-state index in [9.17, 15) is 0 Å². The van der Waals surface area contributed by atoms with Gasteiger partial charge in [-0.05, 0) is 53.5 Å². The molecule has 1 fully saturated rings. The van der Waals surface area contributed by atoms with Crippen molar-refractivity contribution < 1.29 is 14.2 Å². The van der Waals surface area contributed by atoms with Gasteiger partial charge >= 0.3 is 0 Å². The first kappa shape index (κ1) is 14.0. The van der Waals surface area contributed by atoms with Gasteiger partial charge in [-0.25, -0.2) is 0 Å². The molecule has 0 saturated heterocycles. The lowest BCUT2D eigenvalue weighted by molar-refractivity contribution is 0.113. The second-order valence-electron chi connectivity index (χ2n) is 6.15. The summed E-state index contributed by atoms with van der Waals surface area (Å²) in [5.74, 6) is 1.78. The SMILES string of the molecule is CC(C)Oc1ccc(OC2CC2)c(OC(C)(C)C)n1. The Morgan fingerprint density at radius 1 is 1.21 bits per heavy atom. The topological polar surface area (TPSA) is 40.6 Å². The average Bonchev–Trinajstić information content (AvgIpc) is 3.02. The molecular formula is C15H23NO3. The fourth-order valence-electron chi connectivity index (χ4n) is 1.54. The molecule has 1 aromatic rings. The zero-order valence-electron chi connectivity index (χ0n) is 12.4. The standard InChI is InChI=1S/C15H23NO3/c1-10(2)17-13-9-8-12(18-11-6-7-11)14(16-13)19-15(3,4)5/h8-11H,6-7H2,1-5H3. The average molecular weight is 265 g/mol. The smallest absolute Gasteiger partial charge is 0.260 e. The molecule has 2 rings (SSSR count). The predicted molar refractivity (Wildman–Crippen MR) is 74.0 cm³/mol. The third kappa shape index (κ3) is 4.62. The summed E-state index contributed by atoms with van der Waals surface area (Å²) >= 11 is 0. The van der Waals surface area contributed by atoms with E-state index in [2.05, 4.69) is 4.98 Å². The number of hydrogen-bond donors (Lipinski definition) is 0. The van der Waals surface area contributed by atoms with Crippen LogP contribution < -0.4 is 14.2 Å². The van der Waals surface area contributed by atoms with Gasteiger partial charge in [0.25, 0.3) is 5.88 Å². The summed E-state index contributed by atoms with van der Waals surface area (Å²) in [6.45, 7) is 9.92. The van der Waals surface area contributed by atoms with E-state index in [1.807, 2.05) is 46.8 Å². The maximum absolute atomic E-state index is 5.87. The van der Waals surface area contributed by atoms with Crippen LogP contribution in [0.3, 0.4) is 0 Å². The lowest BCUT2D eigenvalue weighted by atomic mass is 10.2. The maximum atomic E-state index is 5.87. The summed E-state index contributed by atoms with van der Waals surface area (Å²) in [6, 6.07) is 3.71. The molecule has 4 nitrogen and oxygen atoms in total. The third-order valence-electron chi connectivity index (χ3n) is 2.38. The minimum Gasteiger partial charge on any atom is -0.485 e. The van der Waals surface area contributed by atoms with Crippen molar-refractivity contribution in [1.29, 1.82) is 0 Å². The van der Waals surface area contributed by atoms with Crippen molar-refractivity contribution in [2.24, 2.45) is 0 Å². The molecule has 1 aliphatic rings. The van der Waals surface area contributed by atoms with Gasteiger partial charge < -0.3 is 14.2 Å². The number of nitrogens with zero attached hydrogens (tertiary/aromatic N) is 1. The Hall–Kier alpha value is -1.45. The van der Waals surface area contributed by atoms with Crippen molar-refractivity contribution >= 4 is 0 Å². The van der Waals surface area contributed by atoms with Gasteiger partial charge in [0.1, 0.15) is 5.60 Å². The van der Waals surface area contributed by atoms with Crippen LogP contribution in [0.5, 0.6) is 17.5 Å². The van der Waals surface area contributed by atoms with Crippen LogP contribution in [0.15, 0.2) is 12.1 Å². The highest BCUT2D eigenvalue weighted by Gasteiger charge is 2.27. The second kappa shape index (κ2) is 5.27. The fraction of sp³-hybridized carbons (Fsp3) is 0.667. The van der Waals surface area contributed by atoms with Crippen LogP contribution in [-0.4, -0.2) is 22.8 Å². The van der Waals surface area contributed by atoms with Crippen LogP contribution in [0.25, 0.3) is 0 Å². The summed E-state index contributed by atoms with van der Waals surface area (Å²) < 4.78 is 17.3. The summed E-state index contributed by atoms with van der Waals surface area (Å²) in [4.78, 5) is 4.41. The molecule has 0 spiro atoms. The van der Waals surface area contributed by atoms with Gasteiger partial charge in [-0.15, -0.1) is 0 Å². The predicted octanol–water partition coefficient (Wildman–Crippen LogP) is 3.59.